The standard InChI is InChI=1S/C20H14N2O4S/c1-11-2-4-12(5-3-11)16-10-27-20(21-16)22-18(24)15-8-13-6-7-14(23)9-17(13)26-19(15)25/h2-10,23H,1H3,(H,21,22,24). The van der Waals surface area contributed by atoms with E-state index in [1.807, 2.05) is 36.6 Å². The van der Waals surface area contributed by atoms with Crippen LogP contribution in [0.25, 0.3) is 22.2 Å². The molecule has 0 atom stereocenters. The summed E-state index contributed by atoms with van der Waals surface area (Å²) in [5, 5.41) is 14.9. The molecule has 0 spiro atoms. The maximum Gasteiger partial charge on any atom is 0.349 e. The molecule has 2 N–H and O–H groups in total. The molecule has 4 aromatic rings. The van der Waals surface area contributed by atoms with Crippen LogP contribution >= 0.6 is 11.3 Å². The van der Waals surface area contributed by atoms with E-state index in [0.29, 0.717) is 10.5 Å². The van der Waals surface area contributed by atoms with Gasteiger partial charge in [0.15, 0.2) is 5.13 Å². The number of fused-ring (bicyclic) bond motifs is 1. The number of thiazole rings is 1. The molecule has 1 amide bonds. The van der Waals surface area contributed by atoms with Crippen LogP contribution in [0.4, 0.5) is 5.13 Å². The van der Waals surface area contributed by atoms with E-state index in [2.05, 4.69) is 10.3 Å². The van der Waals surface area contributed by atoms with Crippen molar-refractivity contribution in [3.8, 4) is 17.0 Å². The Morgan fingerprint density at radius 3 is 2.70 bits per heavy atom. The minimum absolute atomic E-state index is 0.0192. The number of phenols is 1. The Labute approximate surface area is 157 Å². The van der Waals surface area contributed by atoms with Gasteiger partial charge < -0.3 is 9.52 Å². The van der Waals surface area contributed by atoms with Crippen LogP contribution in [-0.2, 0) is 0 Å². The van der Waals surface area contributed by atoms with Crippen LogP contribution < -0.4 is 10.9 Å². The van der Waals surface area contributed by atoms with Crippen LogP contribution in [0.3, 0.4) is 0 Å². The number of anilines is 1. The molecule has 0 unspecified atom stereocenters. The summed E-state index contributed by atoms with van der Waals surface area (Å²) in [4.78, 5) is 29.0. The zero-order chi connectivity index (χ0) is 19.0. The summed E-state index contributed by atoms with van der Waals surface area (Å²) in [5.41, 5.74) is 2.16. The molecule has 0 aliphatic rings. The van der Waals surface area contributed by atoms with Crippen molar-refractivity contribution in [1.29, 1.82) is 0 Å². The number of hydrogen-bond donors (Lipinski definition) is 2. The van der Waals surface area contributed by atoms with Gasteiger partial charge in [-0.2, -0.15) is 0 Å². The Morgan fingerprint density at radius 2 is 1.93 bits per heavy atom. The Morgan fingerprint density at radius 1 is 1.15 bits per heavy atom. The lowest BCUT2D eigenvalue weighted by atomic mass is 10.1. The average molecular weight is 378 g/mol. The predicted octanol–water partition coefficient (Wildman–Crippen LogP) is 4.18. The minimum Gasteiger partial charge on any atom is -0.508 e. The van der Waals surface area contributed by atoms with Crippen LogP contribution in [0.5, 0.6) is 5.75 Å². The summed E-state index contributed by atoms with van der Waals surface area (Å²) >= 11 is 1.27. The number of aromatic hydroxyl groups is 1. The van der Waals surface area contributed by atoms with E-state index in [1.54, 1.807) is 6.07 Å². The van der Waals surface area contributed by atoms with Gasteiger partial charge in [0.2, 0.25) is 0 Å². The number of carbonyl (C=O) groups is 1. The van der Waals surface area contributed by atoms with E-state index in [1.165, 1.54) is 29.5 Å². The van der Waals surface area contributed by atoms with Crippen LogP contribution in [0, 0.1) is 6.92 Å². The first-order valence-corrected chi connectivity index (χ1v) is 8.98. The molecule has 7 heteroatoms. The molecule has 27 heavy (non-hydrogen) atoms. The van der Waals surface area contributed by atoms with Gasteiger partial charge >= 0.3 is 5.63 Å². The zero-order valence-electron chi connectivity index (χ0n) is 14.2. The van der Waals surface area contributed by atoms with Crippen molar-refractivity contribution < 1.29 is 14.3 Å². The number of hydrogen-bond acceptors (Lipinski definition) is 6. The van der Waals surface area contributed by atoms with E-state index < -0.39 is 11.5 Å². The topological polar surface area (TPSA) is 92.4 Å². The molecule has 0 saturated heterocycles. The molecule has 0 aliphatic carbocycles. The van der Waals surface area contributed by atoms with Gasteiger partial charge in [0.1, 0.15) is 16.9 Å². The van der Waals surface area contributed by atoms with Crippen LogP contribution in [0.2, 0.25) is 0 Å². The number of aryl methyl sites for hydroxylation is 1. The van der Waals surface area contributed by atoms with Crippen molar-refractivity contribution in [2.45, 2.75) is 6.92 Å². The van der Waals surface area contributed by atoms with Crippen LogP contribution in [-0.4, -0.2) is 16.0 Å². The summed E-state index contributed by atoms with van der Waals surface area (Å²) in [6.07, 6.45) is 0. The van der Waals surface area contributed by atoms with Gasteiger partial charge in [0.25, 0.3) is 5.91 Å². The van der Waals surface area contributed by atoms with Crippen molar-refractivity contribution >= 4 is 33.3 Å². The molecule has 2 aromatic carbocycles. The molecule has 134 valence electrons. The fraction of sp³-hybridized carbons (Fsp3) is 0.0500. The maximum atomic E-state index is 12.5. The number of carbonyl (C=O) groups excluding carboxylic acids is 1. The smallest absolute Gasteiger partial charge is 0.349 e. The van der Waals surface area contributed by atoms with Crippen molar-refractivity contribution in [1.82, 2.24) is 4.98 Å². The number of benzene rings is 2. The van der Waals surface area contributed by atoms with Crippen molar-refractivity contribution in [3.05, 3.63) is 75.5 Å². The normalized spacial score (nSPS) is 10.9. The first-order valence-electron chi connectivity index (χ1n) is 8.10. The molecule has 0 aliphatic heterocycles. The van der Waals surface area contributed by atoms with Crippen LogP contribution in [0.1, 0.15) is 15.9 Å². The van der Waals surface area contributed by atoms with E-state index in [4.69, 9.17) is 4.42 Å². The quantitative estimate of drug-likeness (QED) is 0.522. The largest absolute Gasteiger partial charge is 0.508 e. The summed E-state index contributed by atoms with van der Waals surface area (Å²) in [6, 6.07) is 13.7. The summed E-state index contributed by atoms with van der Waals surface area (Å²) in [5.74, 6) is -0.613. The van der Waals surface area contributed by atoms with Crippen LogP contribution in [0.15, 0.2) is 63.1 Å². The lowest BCUT2D eigenvalue weighted by Gasteiger charge is -2.03. The second-order valence-corrected chi connectivity index (χ2v) is 6.89. The van der Waals surface area contributed by atoms with Crippen molar-refractivity contribution in [2.24, 2.45) is 0 Å². The second kappa shape index (κ2) is 6.69. The summed E-state index contributed by atoms with van der Waals surface area (Å²) < 4.78 is 5.12. The predicted molar refractivity (Wildman–Crippen MR) is 104 cm³/mol. The third kappa shape index (κ3) is 3.45. The number of phenolic OH excluding ortho intramolecular Hbond substituents is 1. The van der Waals surface area contributed by atoms with E-state index in [0.717, 1.165) is 16.8 Å². The van der Waals surface area contributed by atoms with Gasteiger partial charge in [-0.1, -0.05) is 29.8 Å². The monoisotopic (exact) mass is 378 g/mol. The van der Waals surface area contributed by atoms with E-state index in [-0.39, 0.29) is 16.9 Å². The number of aromatic nitrogens is 1. The molecular weight excluding hydrogens is 364 g/mol. The van der Waals surface area contributed by atoms with Gasteiger partial charge in [0.05, 0.1) is 5.69 Å². The fourth-order valence-electron chi connectivity index (χ4n) is 2.61. The van der Waals surface area contributed by atoms with Gasteiger partial charge in [-0.15, -0.1) is 11.3 Å². The first-order chi connectivity index (χ1) is 13.0. The van der Waals surface area contributed by atoms with Crippen molar-refractivity contribution in [2.75, 3.05) is 5.32 Å². The molecular formula is C20H14N2O4S. The zero-order valence-corrected chi connectivity index (χ0v) is 15.0. The Hall–Kier alpha value is -3.45. The maximum absolute atomic E-state index is 12.5. The summed E-state index contributed by atoms with van der Waals surface area (Å²) in [6.45, 7) is 2.01. The molecule has 0 fully saturated rings. The highest BCUT2D eigenvalue weighted by molar-refractivity contribution is 7.14. The second-order valence-electron chi connectivity index (χ2n) is 6.03. The highest BCUT2D eigenvalue weighted by Crippen LogP contribution is 2.25. The van der Waals surface area contributed by atoms with E-state index in [9.17, 15) is 14.7 Å². The molecule has 2 heterocycles. The third-order valence-electron chi connectivity index (χ3n) is 4.04. The number of amides is 1. The van der Waals surface area contributed by atoms with E-state index >= 15 is 0 Å². The van der Waals surface area contributed by atoms with Gasteiger partial charge in [0, 0.05) is 22.4 Å². The highest BCUT2D eigenvalue weighted by atomic mass is 32.1. The lowest BCUT2D eigenvalue weighted by Crippen LogP contribution is -2.20. The van der Waals surface area contributed by atoms with Gasteiger partial charge in [-0.05, 0) is 25.1 Å². The third-order valence-corrected chi connectivity index (χ3v) is 4.79. The molecule has 0 bridgehead atoms. The number of rotatable bonds is 3. The van der Waals surface area contributed by atoms with Gasteiger partial charge in [-0.25, -0.2) is 9.78 Å². The van der Waals surface area contributed by atoms with Crippen molar-refractivity contribution in [3.63, 3.8) is 0 Å². The Bertz CT molecular complexity index is 1210. The highest BCUT2D eigenvalue weighted by Gasteiger charge is 2.16. The Balaban J connectivity index is 1.60. The molecule has 0 saturated carbocycles. The fourth-order valence-corrected chi connectivity index (χ4v) is 3.33. The Kier molecular flexibility index (Phi) is 4.21. The lowest BCUT2D eigenvalue weighted by molar-refractivity contribution is 0.102. The minimum atomic E-state index is -0.777. The molecule has 2 aromatic heterocycles. The molecule has 6 nitrogen and oxygen atoms in total. The summed E-state index contributed by atoms with van der Waals surface area (Å²) in [7, 11) is 0. The number of nitrogens with one attached hydrogen (secondary N) is 1. The molecule has 4 rings (SSSR count). The SMILES string of the molecule is Cc1ccc(-c2csc(NC(=O)c3cc4ccc(O)cc4oc3=O)n2)cc1. The molecule has 0 radical (unpaired) electrons. The first kappa shape index (κ1) is 17.0. The number of nitrogens with zero attached hydrogens (tertiary/aromatic N) is 1. The van der Waals surface area contributed by atoms with Gasteiger partial charge in [-0.3, -0.25) is 10.1 Å². The average Bonchev–Trinajstić information content (AvgIpc) is 3.10.